The summed E-state index contributed by atoms with van der Waals surface area (Å²) in [7, 11) is -4.55. The van der Waals surface area contributed by atoms with Gasteiger partial charge in [0.15, 0.2) is 5.71 Å². The molecule has 2 aliphatic rings. The number of hydrogen-bond acceptors (Lipinski definition) is 8. The van der Waals surface area contributed by atoms with E-state index in [1.807, 2.05) is 18.2 Å². The summed E-state index contributed by atoms with van der Waals surface area (Å²) in [5.74, 6) is 0. The maximum atomic E-state index is 11.7. The Morgan fingerprint density at radius 2 is 1.69 bits per heavy atom. The minimum Gasteiger partial charge on any atom is -0.744 e. The third-order valence-corrected chi connectivity index (χ3v) is 11.4. The van der Waals surface area contributed by atoms with Gasteiger partial charge in [-0.15, -0.1) is 0 Å². The van der Waals surface area contributed by atoms with Crippen LogP contribution >= 0.6 is 12.0 Å². The lowest BCUT2D eigenvalue weighted by Crippen LogP contribution is -2.28. The minimum absolute atomic E-state index is 0.217. The van der Waals surface area contributed by atoms with E-state index in [2.05, 4.69) is 105 Å². The zero-order valence-electron chi connectivity index (χ0n) is 30.0. The van der Waals surface area contributed by atoms with Crippen molar-refractivity contribution in [3.63, 3.8) is 0 Å². The van der Waals surface area contributed by atoms with Crippen LogP contribution in [-0.4, -0.2) is 36.3 Å². The molecule has 10 heteroatoms. The third-order valence-electron chi connectivity index (χ3n) is 10.0. The highest BCUT2D eigenvalue weighted by Gasteiger charge is 2.45. The van der Waals surface area contributed by atoms with Crippen LogP contribution in [0.3, 0.4) is 0 Å². The second kappa shape index (κ2) is 14.3. The van der Waals surface area contributed by atoms with Crippen molar-refractivity contribution in [3.8, 4) is 0 Å². The molecule has 0 fully saturated rings. The van der Waals surface area contributed by atoms with Gasteiger partial charge in [-0.3, -0.25) is 5.04 Å². The number of fused-ring (bicyclic) bond motifs is 4. The van der Waals surface area contributed by atoms with Crippen molar-refractivity contribution in [2.45, 2.75) is 108 Å². The van der Waals surface area contributed by atoms with Crippen LogP contribution in [0, 0.1) is 5.41 Å². The second-order valence-corrected chi connectivity index (χ2v) is 17.5. The first kappa shape index (κ1) is 37.3. The lowest BCUT2D eigenvalue weighted by molar-refractivity contribution is -0.777. The Labute approximate surface area is 296 Å². The van der Waals surface area contributed by atoms with Gasteiger partial charge in [-0.25, -0.2) is 8.42 Å². The SMILES string of the molecule is CCN1/C(=C/C=C/C2=[N+](CCCCCCC(C)(C)C)c3ccc(SOO[O-])cc3C2(C)C)C(C)(C)c2c1ccc1cc(S(=O)(=O)[O-])ccc21. The van der Waals surface area contributed by atoms with Gasteiger partial charge in [0.1, 0.15) is 16.7 Å². The molecule has 0 spiro atoms. The molecule has 2 aliphatic heterocycles. The average Bonchev–Trinajstić information content (AvgIpc) is 3.38. The fraction of sp³-hybridized carbons (Fsp3) is 0.462. The lowest BCUT2D eigenvalue weighted by Gasteiger charge is -2.26. The zero-order valence-corrected chi connectivity index (χ0v) is 31.6. The van der Waals surface area contributed by atoms with Crippen molar-refractivity contribution >= 4 is 50.0 Å². The minimum atomic E-state index is -4.55. The molecule has 0 atom stereocenters. The van der Waals surface area contributed by atoms with E-state index in [9.17, 15) is 18.2 Å². The predicted molar refractivity (Wildman–Crippen MR) is 195 cm³/mol. The number of allylic oxidation sites excluding steroid dienone is 4. The van der Waals surface area contributed by atoms with E-state index < -0.39 is 10.1 Å². The highest BCUT2D eigenvalue weighted by Crippen LogP contribution is 2.51. The molecule has 0 aromatic heterocycles. The maximum Gasteiger partial charge on any atom is 0.209 e. The molecule has 2 heterocycles. The van der Waals surface area contributed by atoms with Gasteiger partial charge in [0.2, 0.25) is 5.69 Å². The number of likely N-dealkylation sites (N-methyl/N-ethyl adjacent to an activating group) is 1. The summed E-state index contributed by atoms with van der Waals surface area (Å²) in [4.78, 5) is 2.90. The Kier molecular flexibility index (Phi) is 10.9. The molecule has 264 valence electrons. The van der Waals surface area contributed by atoms with Crippen LogP contribution < -0.4 is 10.2 Å². The Morgan fingerprint density at radius 1 is 0.959 bits per heavy atom. The van der Waals surface area contributed by atoms with Crippen LogP contribution in [0.4, 0.5) is 11.4 Å². The molecule has 5 rings (SSSR count). The van der Waals surface area contributed by atoms with Gasteiger partial charge in [0.25, 0.3) is 0 Å². The first-order valence-electron chi connectivity index (χ1n) is 17.1. The summed E-state index contributed by atoms with van der Waals surface area (Å²) in [6, 6.07) is 14.7. The van der Waals surface area contributed by atoms with E-state index in [1.165, 1.54) is 49.1 Å². The molecule has 0 bridgehead atoms. The van der Waals surface area contributed by atoms with Crippen LogP contribution in [0.1, 0.15) is 98.6 Å². The first-order valence-corrected chi connectivity index (χ1v) is 19.3. The van der Waals surface area contributed by atoms with E-state index >= 15 is 0 Å². The molecule has 3 aromatic carbocycles. The number of unbranched alkanes of at least 4 members (excludes halogenated alkanes) is 3. The summed E-state index contributed by atoms with van der Waals surface area (Å²) < 4.78 is 42.3. The Hall–Kier alpha value is -2.99. The van der Waals surface area contributed by atoms with Gasteiger partial charge in [0, 0.05) is 52.4 Å². The van der Waals surface area contributed by atoms with E-state index in [1.54, 1.807) is 6.07 Å². The van der Waals surface area contributed by atoms with Gasteiger partial charge in [-0.1, -0.05) is 65.7 Å². The summed E-state index contributed by atoms with van der Waals surface area (Å²) in [6.45, 7) is 19.5. The molecule has 0 unspecified atom stereocenters. The average molecular weight is 706 g/mol. The smallest absolute Gasteiger partial charge is 0.209 e. The van der Waals surface area contributed by atoms with Gasteiger partial charge >= 0.3 is 0 Å². The number of hydrogen-bond donors (Lipinski definition) is 0. The summed E-state index contributed by atoms with van der Waals surface area (Å²) in [5.41, 5.74) is 6.54. The van der Waals surface area contributed by atoms with Crippen molar-refractivity contribution in [3.05, 3.63) is 83.6 Å². The topological polar surface area (TPSA) is 105 Å². The van der Waals surface area contributed by atoms with Gasteiger partial charge < -0.3 is 14.7 Å². The van der Waals surface area contributed by atoms with Crippen LogP contribution in [0.25, 0.3) is 10.8 Å². The Morgan fingerprint density at radius 3 is 2.37 bits per heavy atom. The molecule has 8 nitrogen and oxygen atoms in total. The Balaban J connectivity index is 1.49. The van der Waals surface area contributed by atoms with E-state index in [0.29, 0.717) is 5.41 Å². The molecular formula is C39H49N2O6S2-. The summed E-state index contributed by atoms with van der Waals surface area (Å²) in [5, 5.41) is 15.8. The highest BCUT2D eigenvalue weighted by molar-refractivity contribution is 7.94. The van der Waals surface area contributed by atoms with Gasteiger partial charge in [-0.2, -0.15) is 8.91 Å². The van der Waals surface area contributed by atoms with Gasteiger partial charge in [0.05, 0.1) is 22.4 Å². The van der Waals surface area contributed by atoms with E-state index in [4.69, 9.17) is 0 Å². The highest BCUT2D eigenvalue weighted by atomic mass is 32.2. The van der Waals surface area contributed by atoms with Crippen LogP contribution in [0.5, 0.6) is 0 Å². The largest absolute Gasteiger partial charge is 0.744 e. The van der Waals surface area contributed by atoms with Crippen molar-refractivity contribution in [2.24, 2.45) is 5.41 Å². The Bertz CT molecular complexity index is 1920. The summed E-state index contributed by atoms with van der Waals surface area (Å²) in [6.07, 6.45) is 12.5. The quantitative estimate of drug-likeness (QED) is 0.0435. The molecule has 0 radical (unpaired) electrons. The zero-order chi connectivity index (χ0) is 35.8. The number of benzene rings is 3. The maximum absolute atomic E-state index is 11.7. The van der Waals surface area contributed by atoms with Crippen LogP contribution in [0.2, 0.25) is 0 Å². The van der Waals surface area contributed by atoms with Crippen molar-refractivity contribution in [1.29, 1.82) is 0 Å². The molecule has 0 amide bonds. The lowest BCUT2D eigenvalue weighted by atomic mass is 9.80. The van der Waals surface area contributed by atoms with E-state index in [-0.39, 0.29) is 15.7 Å². The van der Waals surface area contributed by atoms with Crippen LogP contribution in [-0.2, 0) is 30.3 Å². The molecule has 49 heavy (non-hydrogen) atoms. The molecule has 0 aliphatic carbocycles. The van der Waals surface area contributed by atoms with Crippen molar-refractivity contribution in [1.82, 2.24) is 0 Å². The summed E-state index contributed by atoms with van der Waals surface area (Å²) >= 11 is 0.911. The normalized spacial score (nSPS) is 17.9. The number of rotatable bonds is 13. The van der Waals surface area contributed by atoms with Crippen molar-refractivity contribution < 1.29 is 32.2 Å². The predicted octanol–water partition coefficient (Wildman–Crippen LogP) is 8.61. The molecule has 0 saturated carbocycles. The molecule has 0 saturated heterocycles. The monoisotopic (exact) mass is 705 g/mol. The number of nitrogens with zero attached hydrogens (tertiary/aromatic N) is 2. The fourth-order valence-corrected chi connectivity index (χ4v) is 8.48. The second-order valence-electron chi connectivity index (χ2n) is 15.4. The number of anilines is 1. The standard InChI is InChI=1S/C39H50N2O6S2/c1-9-40-33-21-17-27-25-29(49(43,44)45)19-20-30(27)36(33)39(7,8)35(40)16-14-15-34-38(5,6)31-26-28(48-47-46-42)18-22-32(31)41(34)24-13-11-10-12-23-37(2,3)4/h14-22,25-26H,9-13,23-24H2,1-8H3,(H-,42,43,44,45)/p-1. The van der Waals surface area contributed by atoms with Crippen molar-refractivity contribution in [2.75, 3.05) is 18.0 Å². The van der Waals surface area contributed by atoms with E-state index in [0.717, 1.165) is 69.9 Å². The van der Waals surface area contributed by atoms with Crippen LogP contribution in [0.15, 0.2) is 82.2 Å². The first-order chi connectivity index (χ1) is 23.0. The molecule has 3 aromatic rings. The molecule has 0 N–H and O–H groups in total. The third kappa shape index (κ3) is 7.70. The fourth-order valence-electron chi connectivity index (χ4n) is 7.58. The van der Waals surface area contributed by atoms with Gasteiger partial charge in [-0.05, 0) is 91.8 Å². The molecular weight excluding hydrogens is 657 g/mol.